The van der Waals surface area contributed by atoms with Crippen molar-refractivity contribution in [2.24, 2.45) is 7.05 Å². The molecule has 8 heteroatoms. The Labute approximate surface area is 162 Å². The summed E-state index contributed by atoms with van der Waals surface area (Å²) in [4.78, 5) is 29.0. The third-order valence-electron chi connectivity index (χ3n) is 4.69. The third-order valence-corrected chi connectivity index (χ3v) is 5.12. The van der Waals surface area contributed by atoms with Gasteiger partial charge in [-0.05, 0) is 32.0 Å². The average molecular weight is 395 g/mol. The summed E-state index contributed by atoms with van der Waals surface area (Å²) in [5, 5.41) is 5.16. The number of carbonyl (C=O) groups is 2. The molecule has 2 heterocycles. The number of hydrogen-bond donors (Lipinski definition) is 0. The summed E-state index contributed by atoms with van der Waals surface area (Å²) in [6.45, 7) is 5.61. The van der Waals surface area contributed by atoms with Gasteiger partial charge in [-0.15, -0.1) is 0 Å². The van der Waals surface area contributed by atoms with Crippen molar-refractivity contribution < 1.29 is 9.59 Å². The largest absolute Gasteiger partial charge is 0.335 e. The number of aryl methyl sites for hydroxylation is 2. The molecular formula is C18H20Cl2N4O2. The summed E-state index contributed by atoms with van der Waals surface area (Å²) >= 11 is 12.0. The van der Waals surface area contributed by atoms with Crippen LogP contribution >= 0.6 is 23.2 Å². The van der Waals surface area contributed by atoms with Crippen LogP contribution in [0.2, 0.25) is 10.0 Å². The highest BCUT2D eigenvalue weighted by Gasteiger charge is 2.28. The summed E-state index contributed by atoms with van der Waals surface area (Å²) in [6.07, 6.45) is 0. The molecule has 0 unspecified atom stereocenters. The van der Waals surface area contributed by atoms with E-state index in [2.05, 4.69) is 5.10 Å². The van der Waals surface area contributed by atoms with E-state index in [4.69, 9.17) is 23.2 Å². The summed E-state index contributed by atoms with van der Waals surface area (Å²) in [5.74, 6) is -0.166. The predicted molar refractivity (Wildman–Crippen MR) is 101 cm³/mol. The Kier molecular flexibility index (Phi) is 5.25. The monoisotopic (exact) mass is 394 g/mol. The fourth-order valence-corrected chi connectivity index (χ4v) is 3.74. The molecule has 0 N–H and O–H groups in total. The van der Waals surface area contributed by atoms with E-state index in [0.717, 1.165) is 11.4 Å². The van der Waals surface area contributed by atoms with Gasteiger partial charge in [0.15, 0.2) is 0 Å². The van der Waals surface area contributed by atoms with Gasteiger partial charge in [0.2, 0.25) is 0 Å². The van der Waals surface area contributed by atoms with Gasteiger partial charge in [-0.25, -0.2) is 0 Å². The van der Waals surface area contributed by atoms with Crippen molar-refractivity contribution in [3.8, 4) is 0 Å². The summed E-state index contributed by atoms with van der Waals surface area (Å²) < 4.78 is 1.71. The van der Waals surface area contributed by atoms with Crippen molar-refractivity contribution in [3.63, 3.8) is 0 Å². The molecule has 1 aliphatic heterocycles. The van der Waals surface area contributed by atoms with Crippen LogP contribution in [0.4, 0.5) is 0 Å². The highest BCUT2D eigenvalue weighted by atomic mass is 35.5. The molecule has 0 spiro atoms. The Hall–Kier alpha value is -2.05. The molecule has 0 aliphatic carbocycles. The van der Waals surface area contributed by atoms with Gasteiger partial charge >= 0.3 is 0 Å². The average Bonchev–Trinajstić information content (AvgIpc) is 2.85. The Morgan fingerprint density at radius 2 is 1.42 bits per heavy atom. The molecule has 1 saturated heterocycles. The standard InChI is InChI=1S/C18H20Cl2N4O2/c1-11-16(12(2)22(3)21-11)18(26)24-6-4-23(5-7-24)17(25)13-8-14(19)10-15(20)9-13/h8-10H,4-7H2,1-3H3. The van der Waals surface area contributed by atoms with Crippen molar-refractivity contribution in [1.82, 2.24) is 19.6 Å². The van der Waals surface area contributed by atoms with Gasteiger partial charge in [0.05, 0.1) is 11.3 Å². The van der Waals surface area contributed by atoms with Crippen molar-refractivity contribution in [1.29, 1.82) is 0 Å². The summed E-state index contributed by atoms with van der Waals surface area (Å²) in [7, 11) is 1.83. The van der Waals surface area contributed by atoms with Gasteiger partial charge in [-0.2, -0.15) is 5.10 Å². The molecule has 1 aromatic carbocycles. The van der Waals surface area contributed by atoms with Gasteiger partial charge in [0, 0.05) is 54.5 Å². The number of hydrogen-bond acceptors (Lipinski definition) is 3. The maximum atomic E-state index is 12.8. The van der Waals surface area contributed by atoms with Crippen molar-refractivity contribution in [2.45, 2.75) is 13.8 Å². The number of piperazine rings is 1. The van der Waals surface area contributed by atoms with E-state index in [0.29, 0.717) is 47.4 Å². The highest BCUT2D eigenvalue weighted by molar-refractivity contribution is 6.35. The Bertz CT molecular complexity index is 850. The van der Waals surface area contributed by atoms with Crippen LogP contribution in [-0.2, 0) is 7.05 Å². The Morgan fingerprint density at radius 3 is 1.88 bits per heavy atom. The van der Waals surface area contributed by atoms with Crippen LogP contribution in [0.1, 0.15) is 32.1 Å². The fraction of sp³-hybridized carbons (Fsp3) is 0.389. The van der Waals surface area contributed by atoms with Crippen LogP contribution in [0.25, 0.3) is 0 Å². The molecule has 0 saturated carbocycles. The van der Waals surface area contributed by atoms with Gasteiger partial charge < -0.3 is 9.80 Å². The van der Waals surface area contributed by atoms with E-state index < -0.39 is 0 Å². The second kappa shape index (κ2) is 7.29. The number of rotatable bonds is 2. The topological polar surface area (TPSA) is 58.4 Å². The molecule has 3 rings (SSSR count). The number of nitrogens with zero attached hydrogens (tertiary/aromatic N) is 4. The second-order valence-electron chi connectivity index (χ2n) is 6.41. The smallest absolute Gasteiger partial charge is 0.257 e. The second-order valence-corrected chi connectivity index (χ2v) is 7.28. The van der Waals surface area contributed by atoms with Crippen LogP contribution in [-0.4, -0.2) is 57.6 Å². The van der Waals surface area contributed by atoms with Crippen LogP contribution in [0, 0.1) is 13.8 Å². The van der Waals surface area contributed by atoms with Crippen molar-refractivity contribution >= 4 is 35.0 Å². The molecule has 2 aromatic rings. The molecule has 2 amide bonds. The van der Waals surface area contributed by atoms with E-state index in [-0.39, 0.29) is 11.8 Å². The first kappa shape index (κ1) is 18.7. The molecule has 0 bridgehead atoms. The normalized spacial score (nSPS) is 14.7. The van der Waals surface area contributed by atoms with Crippen LogP contribution < -0.4 is 0 Å². The third kappa shape index (κ3) is 3.57. The van der Waals surface area contributed by atoms with E-state index >= 15 is 0 Å². The molecule has 1 aliphatic rings. The highest BCUT2D eigenvalue weighted by Crippen LogP contribution is 2.21. The minimum absolute atomic E-state index is 0.0361. The van der Waals surface area contributed by atoms with E-state index in [1.54, 1.807) is 32.7 Å². The number of amides is 2. The zero-order valence-corrected chi connectivity index (χ0v) is 16.4. The minimum atomic E-state index is -0.129. The molecule has 138 valence electrons. The lowest BCUT2D eigenvalue weighted by molar-refractivity contribution is 0.0534. The Morgan fingerprint density at radius 1 is 0.923 bits per heavy atom. The first-order chi connectivity index (χ1) is 12.3. The number of halogens is 2. The molecular weight excluding hydrogens is 375 g/mol. The van der Waals surface area contributed by atoms with E-state index in [1.807, 2.05) is 20.9 Å². The molecule has 1 fully saturated rings. The zero-order chi connectivity index (χ0) is 19.0. The van der Waals surface area contributed by atoms with Crippen molar-refractivity contribution in [3.05, 3.63) is 50.8 Å². The maximum absolute atomic E-state index is 12.8. The summed E-state index contributed by atoms with van der Waals surface area (Å²) in [6, 6.07) is 4.81. The number of aromatic nitrogens is 2. The van der Waals surface area contributed by atoms with E-state index in [1.165, 1.54) is 0 Å². The van der Waals surface area contributed by atoms with Crippen LogP contribution in [0.5, 0.6) is 0 Å². The maximum Gasteiger partial charge on any atom is 0.257 e. The Balaban J connectivity index is 1.69. The quantitative estimate of drug-likeness (QED) is 0.786. The van der Waals surface area contributed by atoms with Gasteiger partial charge in [0.25, 0.3) is 11.8 Å². The van der Waals surface area contributed by atoms with Gasteiger partial charge in [0.1, 0.15) is 0 Å². The predicted octanol–water partition coefficient (Wildman–Crippen LogP) is 2.94. The zero-order valence-electron chi connectivity index (χ0n) is 14.9. The molecule has 0 radical (unpaired) electrons. The number of carbonyl (C=O) groups excluding carboxylic acids is 2. The number of benzene rings is 1. The van der Waals surface area contributed by atoms with Crippen LogP contribution in [0.15, 0.2) is 18.2 Å². The fourth-order valence-electron chi connectivity index (χ4n) is 3.21. The molecule has 0 atom stereocenters. The molecule has 1 aromatic heterocycles. The van der Waals surface area contributed by atoms with Gasteiger partial charge in [-0.1, -0.05) is 23.2 Å². The first-order valence-electron chi connectivity index (χ1n) is 8.32. The molecule has 26 heavy (non-hydrogen) atoms. The minimum Gasteiger partial charge on any atom is -0.335 e. The lowest BCUT2D eigenvalue weighted by atomic mass is 10.1. The molecule has 6 nitrogen and oxygen atoms in total. The first-order valence-corrected chi connectivity index (χ1v) is 9.08. The summed E-state index contributed by atoms with van der Waals surface area (Å²) in [5.41, 5.74) is 2.68. The lowest BCUT2D eigenvalue weighted by Gasteiger charge is -2.35. The van der Waals surface area contributed by atoms with Gasteiger partial charge in [-0.3, -0.25) is 14.3 Å². The van der Waals surface area contributed by atoms with Crippen LogP contribution in [0.3, 0.4) is 0 Å². The SMILES string of the molecule is Cc1nn(C)c(C)c1C(=O)N1CCN(C(=O)c2cc(Cl)cc(Cl)c2)CC1. The lowest BCUT2D eigenvalue weighted by Crippen LogP contribution is -2.50. The van der Waals surface area contributed by atoms with E-state index in [9.17, 15) is 9.59 Å². The van der Waals surface area contributed by atoms with Crippen molar-refractivity contribution in [2.75, 3.05) is 26.2 Å².